The van der Waals surface area contributed by atoms with E-state index in [-0.39, 0.29) is 17.2 Å². The molecule has 0 N–H and O–H groups in total. The third-order valence-corrected chi connectivity index (χ3v) is 4.06. The molecule has 0 aliphatic rings. The average Bonchev–Trinajstić information content (AvgIpc) is 3.14. The summed E-state index contributed by atoms with van der Waals surface area (Å²) in [5, 5.41) is 27.9. The Morgan fingerprint density at radius 3 is 2.35 bits per heavy atom. The van der Waals surface area contributed by atoms with Gasteiger partial charge in [-0.1, -0.05) is 10.4 Å². The van der Waals surface area contributed by atoms with Crippen molar-refractivity contribution in [3.8, 4) is 0 Å². The van der Waals surface area contributed by atoms with Gasteiger partial charge in [0.15, 0.2) is 6.33 Å². The van der Waals surface area contributed by atoms with Crippen LogP contribution in [0.3, 0.4) is 0 Å². The van der Waals surface area contributed by atoms with E-state index in [1.165, 1.54) is 32.6 Å². The molecule has 3 heterocycles. The van der Waals surface area contributed by atoms with Crippen LogP contribution in [-0.2, 0) is 13.1 Å². The number of aromatic nitrogens is 10. The summed E-state index contributed by atoms with van der Waals surface area (Å²) in [6, 6.07) is 2.70. The molecule has 3 aromatic heterocycles. The highest BCUT2D eigenvalue weighted by atomic mass is 16.1. The monoisotopic (exact) mass is 354 g/mol. The summed E-state index contributed by atoms with van der Waals surface area (Å²) in [6.45, 7) is 4.31. The fourth-order valence-corrected chi connectivity index (χ4v) is 2.71. The van der Waals surface area contributed by atoms with Gasteiger partial charge in [0.1, 0.15) is 11.0 Å². The molecule has 4 aromatic rings. The Balaban J connectivity index is 1.86. The molecule has 0 aliphatic carbocycles. The number of benzene rings is 1. The van der Waals surface area contributed by atoms with Crippen LogP contribution in [0.1, 0.15) is 19.9 Å². The van der Waals surface area contributed by atoms with Crippen LogP contribution in [0.5, 0.6) is 0 Å². The minimum Gasteiger partial charge on any atom is -0.267 e. The molecular weight excluding hydrogens is 340 g/mol. The number of fused-ring (bicyclic) bond motifs is 2. The lowest BCUT2D eigenvalue weighted by Gasteiger charge is -2.12. The van der Waals surface area contributed by atoms with Crippen molar-refractivity contribution in [2.24, 2.45) is 0 Å². The van der Waals surface area contributed by atoms with Gasteiger partial charge >= 0.3 is 0 Å². The van der Waals surface area contributed by atoms with Crippen LogP contribution >= 0.6 is 0 Å². The van der Waals surface area contributed by atoms with Crippen molar-refractivity contribution in [1.82, 2.24) is 50.2 Å². The first-order valence-corrected chi connectivity index (χ1v) is 7.96. The van der Waals surface area contributed by atoms with Gasteiger partial charge in [-0.15, -0.1) is 20.4 Å². The molecule has 0 amide bonds. The average molecular weight is 354 g/mol. The molecule has 0 bridgehead atoms. The second kappa shape index (κ2) is 6.06. The van der Waals surface area contributed by atoms with Crippen molar-refractivity contribution in [1.29, 1.82) is 0 Å². The predicted octanol–water partition coefficient (Wildman–Crippen LogP) is -0.836. The van der Waals surface area contributed by atoms with E-state index in [1.54, 1.807) is 13.8 Å². The zero-order valence-corrected chi connectivity index (χ0v) is 14.0. The van der Waals surface area contributed by atoms with Crippen LogP contribution in [0.4, 0.5) is 0 Å². The normalized spacial score (nSPS) is 12.7. The molecule has 0 aliphatic heterocycles. The Kier molecular flexibility index (Phi) is 3.71. The van der Waals surface area contributed by atoms with E-state index in [9.17, 15) is 9.59 Å². The number of aryl methyl sites for hydroxylation is 1. The van der Waals surface area contributed by atoms with Crippen molar-refractivity contribution in [2.75, 3.05) is 0 Å². The van der Waals surface area contributed by atoms with Gasteiger partial charge in [0.2, 0.25) is 0 Å². The van der Waals surface area contributed by atoms with Crippen molar-refractivity contribution in [2.45, 2.75) is 33.0 Å². The Morgan fingerprint density at radius 1 is 1.00 bits per heavy atom. The van der Waals surface area contributed by atoms with Crippen LogP contribution in [0.25, 0.3) is 21.8 Å². The van der Waals surface area contributed by atoms with Crippen molar-refractivity contribution in [3.63, 3.8) is 0 Å². The lowest BCUT2D eigenvalue weighted by molar-refractivity contribution is 0.354. The number of nitrogens with zero attached hydrogens (tertiary/aromatic N) is 10. The molecule has 26 heavy (non-hydrogen) atoms. The molecule has 0 radical (unpaired) electrons. The van der Waals surface area contributed by atoms with Crippen molar-refractivity contribution in [3.05, 3.63) is 39.2 Å². The van der Waals surface area contributed by atoms with Gasteiger partial charge < -0.3 is 0 Å². The zero-order valence-electron chi connectivity index (χ0n) is 14.0. The van der Waals surface area contributed by atoms with Gasteiger partial charge in [0.05, 0.1) is 23.4 Å². The van der Waals surface area contributed by atoms with E-state index >= 15 is 0 Å². The number of tetrazole rings is 1. The molecule has 12 heteroatoms. The summed E-state index contributed by atoms with van der Waals surface area (Å²) >= 11 is 0. The Labute approximate surface area is 145 Å². The van der Waals surface area contributed by atoms with Crippen molar-refractivity contribution >= 4 is 21.8 Å². The Morgan fingerprint density at radius 2 is 1.69 bits per heavy atom. The minimum atomic E-state index is -0.344. The summed E-state index contributed by atoms with van der Waals surface area (Å²) in [5.41, 5.74) is 0.0500. The molecule has 12 nitrogen and oxygen atoms in total. The summed E-state index contributed by atoms with van der Waals surface area (Å²) in [7, 11) is 0. The Bertz CT molecular complexity index is 1210. The maximum Gasteiger partial charge on any atom is 0.277 e. The topological polar surface area (TPSA) is 139 Å². The molecule has 0 spiro atoms. The maximum atomic E-state index is 12.8. The van der Waals surface area contributed by atoms with Gasteiger partial charge in [-0.2, -0.15) is 4.80 Å². The highest BCUT2D eigenvalue weighted by Crippen LogP contribution is 2.14. The quantitative estimate of drug-likeness (QED) is 0.429. The summed E-state index contributed by atoms with van der Waals surface area (Å²) in [6.07, 6.45) is 1.31. The highest BCUT2D eigenvalue weighted by molar-refractivity contribution is 5.93. The molecular formula is C14H14N10O2. The second-order valence-electron chi connectivity index (χ2n) is 5.78. The van der Waals surface area contributed by atoms with E-state index in [2.05, 4.69) is 36.0 Å². The molecule has 0 saturated heterocycles. The third-order valence-electron chi connectivity index (χ3n) is 4.06. The van der Waals surface area contributed by atoms with E-state index < -0.39 is 0 Å². The smallest absolute Gasteiger partial charge is 0.267 e. The fourth-order valence-electron chi connectivity index (χ4n) is 2.71. The largest absolute Gasteiger partial charge is 0.277 e. The summed E-state index contributed by atoms with van der Waals surface area (Å²) in [4.78, 5) is 26.5. The first-order valence-electron chi connectivity index (χ1n) is 7.96. The van der Waals surface area contributed by atoms with E-state index in [1.807, 2.05) is 0 Å². The first kappa shape index (κ1) is 15.9. The van der Waals surface area contributed by atoms with Gasteiger partial charge in [0, 0.05) is 6.54 Å². The molecule has 1 unspecified atom stereocenters. The van der Waals surface area contributed by atoms with Crippen LogP contribution in [-0.4, -0.2) is 50.2 Å². The SMILES string of the molecule is CCn1nnc2cc3c(=O)n(C(C)Cn4ncnn4)nnc3cc2c1=O. The van der Waals surface area contributed by atoms with Crippen LogP contribution < -0.4 is 11.1 Å². The van der Waals surface area contributed by atoms with Gasteiger partial charge in [-0.3, -0.25) is 9.59 Å². The van der Waals surface area contributed by atoms with Gasteiger partial charge in [0.25, 0.3) is 11.1 Å². The highest BCUT2D eigenvalue weighted by Gasteiger charge is 2.15. The van der Waals surface area contributed by atoms with Gasteiger partial charge in [-0.25, -0.2) is 9.36 Å². The standard InChI is InChI=1S/C14H14N10O2/c1-3-22-13(25)9-4-12-10(5-11(9)17-20-22)14(26)24(21-18-12)8(2)6-23-16-7-15-19-23/h4-5,7-8H,3,6H2,1-2H3. The molecule has 0 fully saturated rings. The first-order chi connectivity index (χ1) is 12.6. The summed E-state index contributed by atoms with van der Waals surface area (Å²) < 4.78 is 2.49. The number of hydrogen-bond donors (Lipinski definition) is 0. The fraction of sp³-hybridized carbons (Fsp3) is 0.357. The summed E-state index contributed by atoms with van der Waals surface area (Å²) in [5.74, 6) is 0. The van der Waals surface area contributed by atoms with E-state index in [0.29, 0.717) is 34.9 Å². The third kappa shape index (κ3) is 2.51. The maximum absolute atomic E-state index is 12.8. The lowest BCUT2D eigenvalue weighted by atomic mass is 10.2. The van der Waals surface area contributed by atoms with Crippen LogP contribution in [0.2, 0.25) is 0 Å². The van der Waals surface area contributed by atoms with Crippen LogP contribution in [0.15, 0.2) is 28.0 Å². The molecule has 0 saturated carbocycles. The van der Waals surface area contributed by atoms with Gasteiger partial charge in [-0.05, 0) is 31.2 Å². The molecule has 132 valence electrons. The lowest BCUT2D eigenvalue weighted by Crippen LogP contribution is -2.30. The predicted molar refractivity (Wildman–Crippen MR) is 89.4 cm³/mol. The number of hydrogen-bond acceptors (Lipinski definition) is 9. The minimum absolute atomic E-state index is 0.281. The molecule has 1 atom stereocenters. The molecule has 4 rings (SSSR count). The molecule has 1 aromatic carbocycles. The Hall–Kier alpha value is -3.57. The van der Waals surface area contributed by atoms with Crippen molar-refractivity contribution < 1.29 is 0 Å². The number of rotatable bonds is 4. The second-order valence-corrected chi connectivity index (χ2v) is 5.78. The van der Waals surface area contributed by atoms with E-state index in [0.717, 1.165) is 0 Å². The van der Waals surface area contributed by atoms with Crippen LogP contribution in [0, 0.1) is 0 Å². The van der Waals surface area contributed by atoms with E-state index in [4.69, 9.17) is 0 Å². The zero-order chi connectivity index (χ0) is 18.3.